The zero-order chi connectivity index (χ0) is 17.3. The lowest BCUT2D eigenvalue weighted by atomic mass is 9.85. The average molecular weight is 341 g/mol. The number of aryl methyl sites for hydroxylation is 3. The Morgan fingerprint density at radius 1 is 1.08 bits per heavy atom. The van der Waals surface area contributed by atoms with Crippen LogP contribution in [0, 0.1) is 20.8 Å². The van der Waals surface area contributed by atoms with E-state index in [9.17, 15) is 8.42 Å². The van der Waals surface area contributed by atoms with Crippen molar-refractivity contribution in [1.82, 2.24) is 0 Å². The van der Waals surface area contributed by atoms with Gasteiger partial charge in [-0.3, -0.25) is 0 Å². The zero-order valence-corrected chi connectivity index (χ0v) is 14.9. The minimum absolute atomic E-state index is 0.354. The lowest BCUT2D eigenvalue weighted by molar-refractivity contribution is 0.0734. The number of nitrogens with zero attached hydrogens (tertiary/aromatic N) is 1. The van der Waals surface area contributed by atoms with E-state index in [1.807, 2.05) is 32.9 Å². The lowest BCUT2D eigenvalue weighted by Gasteiger charge is -2.24. The van der Waals surface area contributed by atoms with E-state index in [0.717, 1.165) is 22.3 Å². The van der Waals surface area contributed by atoms with Gasteiger partial charge in [0.05, 0.1) is 4.90 Å². The zero-order valence-electron chi connectivity index (χ0n) is 14.1. The monoisotopic (exact) mass is 341 g/mol. The summed E-state index contributed by atoms with van der Waals surface area (Å²) < 4.78 is 25.4. The Balaban J connectivity index is 1.98. The molecule has 5 heteroatoms. The molecule has 0 fully saturated rings. The SMILES string of the molecule is Cc1cc(C)c(C2=NOC3c4ccccc4S(=O)(=O)C23C)c(C)c1. The molecule has 124 valence electrons. The number of fused-ring (bicyclic) bond motifs is 3. The Labute approximate surface area is 142 Å². The fourth-order valence-electron chi connectivity index (χ4n) is 4.06. The van der Waals surface area contributed by atoms with Crippen molar-refractivity contribution in [3.63, 3.8) is 0 Å². The Morgan fingerprint density at radius 2 is 1.71 bits per heavy atom. The Kier molecular flexibility index (Phi) is 3.01. The number of hydrogen-bond acceptors (Lipinski definition) is 4. The van der Waals surface area contributed by atoms with Crippen LogP contribution in [0.4, 0.5) is 0 Å². The van der Waals surface area contributed by atoms with E-state index in [1.165, 1.54) is 0 Å². The maximum atomic E-state index is 13.3. The Hall–Kier alpha value is -2.14. The van der Waals surface area contributed by atoms with Crippen LogP contribution in [0.1, 0.15) is 40.8 Å². The van der Waals surface area contributed by atoms with Gasteiger partial charge in [0.2, 0.25) is 0 Å². The van der Waals surface area contributed by atoms with E-state index < -0.39 is 20.7 Å². The van der Waals surface area contributed by atoms with E-state index in [0.29, 0.717) is 16.2 Å². The molecule has 0 N–H and O–H groups in total. The predicted octanol–water partition coefficient (Wildman–Crippen LogP) is 3.63. The van der Waals surface area contributed by atoms with Crippen LogP contribution < -0.4 is 0 Å². The van der Waals surface area contributed by atoms with Gasteiger partial charge in [-0.2, -0.15) is 0 Å². The molecule has 4 rings (SSSR count). The molecule has 2 aliphatic heterocycles. The van der Waals surface area contributed by atoms with E-state index in [1.54, 1.807) is 19.1 Å². The van der Waals surface area contributed by atoms with Crippen molar-refractivity contribution in [2.45, 2.75) is 43.4 Å². The Morgan fingerprint density at radius 3 is 2.38 bits per heavy atom. The van der Waals surface area contributed by atoms with Crippen LogP contribution in [-0.4, -0.2) is 18.9 Å². The first-order valence-corrected chi connectivity index (χ1v) is 9.43. The highest BCUT2D eigenvalue weighted by molar-refractivity contribution is 7.94. The summed E-state index contributed by atoms with van der Waals surface area (Å²) in [6.45, 7) is 7.74. The van der Waals surface area contributed by atoms with Crippen LogP contribution >= 0.6 is 0 Å². The summed E-state index contributed by atoms with van der Waals surface area (Å²) in [6.07, 6.45) is -0.589. The van der Waals surface area contributed by atoms with Crippen molar-refractivity contribution in [2.75, 3.05) is 0 Å². The van der Waals surface area contributed by atoms with Crippen LogP contribution in [0.5, 0.6) is 0 Å². The first kappa shape index (κ1) is 15.4. The quantitative estimate of drug-likeness (QED) is 0.796. The van der Waals surface area contributed by atoms with Crippen molar-refractivity contribution in [2.24, 2.45) is 5.16 Å². The fraction of sp³-hybridized carbons (Fsp3) is 0.316. The normalized spacial score (nSPS) is 26.5. The molecule has 2 aromatic carbocycles. The van der Waals surface area contributed by atoms with Crippen LogP contribution in [0.15, 0.2) is 46.4 Å². The van der Waals surface area contributed by atoms with Gasteiger partial charge in [0.1, 0.15) is 5.71 Å². The van der Waals surface area contributed by atoms with E-state index in [-0.39, 0.29) is 0 Å². The number of oxime groups is 1. The van der Waals surface area contributed by atoms with E-state index in [2.05, 4.69) is 17.3 Å². The second-order valence-electron chi connectivity index (χ2n) is 6.85. The number of rotatable bonds is 1. The standard InChI is InChI=1S/C19H19NO3S/c1-11-9-12(2)16(13(3)10-11)17-19(4)18(23-20-17)14-7-5-6-8-15(14)24(19,21)22/h5-10,18H,1-4H3. The maximum absolute atomic E-state index is 13.3. The number of hydrogen-bond donors (Lipinski definition) is 0. The summed E-state index contributed by atoms with van der Waals surface area (Å²) in [5, 5.41) is 4.25. The van der Waals surface area contributed by atoms with Crippen molar-refractivity contribution >= 4 is 15.5 Å². The average Bonchev–Trinajstić information content (AvgIpc) is 2.92. The molecule has 4 nitrogen and oxygen atoms in total. The number of sulfone groups is 1. The van der Waals surface area contributed by atoms with Gasteiger partial charge in [-0.15, -0.1) is 0 Å². The summed E-state index contributed by atoms with van der Waals surface area (Å²) in [4.78, 5) is 6.01. The molecule has 24 heavy (non-hydrogen) atoms. The third kappa shape index (κ3) is 1.68. The molecule has 0 bridgehead atoms. The summed E-state index contributed by atoms with van der Waals surface area (Å²) in [5.41, 5.74) is 5.26. The third-order valence-electron chi connectivity index (χ3n) is 5.18. The minimum atomic E-state index is -3.58. The van der Waals surface area contributed by atoms with Crippen molar-refractivity contribution in [3.05, 3.63) is 64.2 Å². The maximum Gasteiger partial charge on any atom is 0.194 e. The van der Waals surface area contributed by atoms with E-state index in [4.69, 9.17) is 4.84 Å². The lowest BCUT2D eigenvalue weighted by Crippen LogP contribution is -2.42. The summed E-state index contributed by atoms with van der Waals surface area (Å²) in [6, 6.07) is 11.2. The molecule has 0 amide bonds. The molecule has 0 saturated heterocycles. The summed E-state index contributed by atoms with van der Waals surface area (Å²) in [5.74, 6) is 0. The highest BCUT2D eigenvalue weighted by Gasteiger charge is 2.63. The first-order chi connectivity index (χ1) is 11.3. The predicted molar refractivity (Wildman–Crippen MR) is 93.0 cm³/mol. The molecule has 0 saturated carbocycles. The molecule has 0 aromatic heterocycles. The molecular weight excluding hydrogens is 322 g/mol. The van der Waals surface area contributed by atoms with Crippen LogP contribution in [0.3, 0.4) is 0 Å². The minimum Gasteiger partial charge on any atom is -0.385 e. The fourth-order valence-corrected chi connectivity index (χ4v) is 6.11. The highest BCUT2D eigenvalue weighted by Crippen LogP contribution is 2.54. The summed E-state index contributed by atoms with van der Waals surface area (Å²) >= 11 is 0. The molecule has 2 heterocycles. The van der Waals surface area contributed by atoms with Crippen molar-refractivity contribution in [1.29, 1.82) is 0 Å². The van der Waals surface area contributed by atoms with Gasteiger partial charge < -0.3 is 4.84 Å². The molecular formula is C19H19NO3S. The molecule has 0 spiro atoms. The Bertz CT molecular complexity index is 984. The summed E-state index contributed by atoms with van der Waals surface area (Å²) in [7, 11) is -3.58. The number of benzene rings is 2. The van der Waals surface area contributed by atoms with Gasteiger partial charge in [-0.05, 0) is 44.9 Å². The van der Waals surface area contributed by atoms with Crippen molar-refractivity contribution < 1.29 is 13.3 Å². The molecule has 0 radical (unpaired) electrons. The van der Waals surface area contributed by atoms with Crippen LogP contribution in [0.2, 0.25) is 0 Å². The second kappa shape index (κ2) is 4.70. The topological polar surface area (TPSA) is 55.7 Å². The van der Waals surface area contributed by atoms with Crippen LogP contribution in [-0.2, 0) is 14.7 Å². The smallest absolute Gasteiger partial charge is 0.194 e. The molecule has 2 aromatic rings. The van der Waals surface area contributed by atoms with Gasteiger partial charge in [-0.1, -0.05) is 41.1 Å². The van der Waals surface area contributed by atoms with Gasteiger partial charge in [0.15, 0.2) is 20.7 Å². The van der Waals surface area contributed by atoms with Gasteiger partial charge in [0.25, 0.3) is 0 Å². The van der Waals surface area contributed by atoms with Crippen molar-refractivity contribution in [3.8, 4) is 0 Å². The molecule has 0 aliphatic carbocycles. The molecule has 2 unspecified atom stereocenters. The highest BCUT2D eigenvalue weighted by atomic mass is 32.2. The third-order valence-corrected chi connectivity index (χ3v) is 7.66. The van der Waals surface area contributed by atoms with E-state index >= 15 is 0 Å². The first-order valence-electron chi connectivity index (χ1n) is 7.94. The van der Waals surface area contributed by atoms with Gasteiger partial charge in [0, 0.05) is 11.1 Å². The van der Waals surface area contributed by atoms with Gasteiger partial charge >= 0.3 is 0 Å². The molecule has 2 atom stereocenters. The van der Waals surface area contributed by atoms with Crippen LogP contribution in [0.25, 0.3) is 0 Å². The molecule has 2 aliphatic rings. The largest absolute Gasteiger partial charge is 0.385 e. The second-order valence-corrected chi connectivity index (χ2v) is 9.14. The van der Waals surface area contributed by atoms with Gasteiger partial charge in [-0.25, -0.2) is 8.42 Å².